The average molecular weight is 381 g/mol. The summed E-state index contributed by atoms with van der Waals surface area (Å²) in [7, 11) is 0. The predicted molar refractivity (Wildman–Crippen MR) is 109 cm³/mol. The third kappa shape index (κ3) is 5.57. The van der Waals surface area contributed by atoms with Gasteiger partial charge in [-0.1, -0.05) is 42.5 Å². The Morgan fingerprint density at radius 1 is 1.11 bits per heavy atom. The van der Waals surface area contributed by atoms with Crippen LogP contribution in [0.2, 0.25) is 0 Å². The van der Waals surface area contributed by atoms with E-state index in [0.717, 1.165) is 25.0 Å². The van der Waals surface area contributed by atoms with Gasteiger partial charge in [-0.2, -0.15) is 0 Å². The number of para-hydroxylation sites is 1. The molecule has 0 aliphatic carbocycles. The lowest BCUT2D eigenvalue weighted by atomic mass is 10.1. The van der Waals surface area contributed by atoms with Crippen LogP contribution in [0.5, 0.6) is 0 Å². The number of hydrogen-bond acceptors (Lipinski definition) is 4. The van der Waals surface area contributed by atoms with Crippen molar-refractivity contribution in [1.29, 1.82) is 0 Å². The highest BCUT2D eigenvalue weighted by Crippen LogP contribution is 2.16. The molecule has 6 heteroatoms. The Hall–Kier alpha value is -2.86. The molecule has 2 aromatic carbocycles. The minimum atomic E-state index is -0.170. The number of nitrogens with one attached hydrogen (secondary N) is 3. The molecule has 0 saturated carbocycles. The molecule has 148 valence electrons. The summed E-state index contributed by atoms with van der Waals surface area (Å²) in [6.07, 6.45) is 2.10. The summed E-state index contributed by atoms with van der Waals surface area (Å²) in [6.45, 7) is 3.30. The number of hydrogen-bond donors (Lipinski definition) is 3. The highest BCUT2D eigenvalue weighted by molar-refractivity contribution is 6.00. The molecule has 0 spiro atoms. The van der Waals surface area contributed by atoms with E-state index in [1.54, 1.807) is 12.1 Å². The summed E-state index contributed by atoms with van der Waals surface area (Å²) in [6, 6.07) is 16.9. The molecule has 0 radical (unpaired) electrons. The zero-order valence-corrected chi connectivity index (χ0v) is 16.1. The van der Waals surface area contributed by atoms with Crippen LogP contribution in [0.25, 0.3) is 0 Å². The Morgan fingerprint density at radius 3 is 2.61 bits per heavy atom. The number of rotatable bonds is 8. The Kier molecular flexibility index (Phi) is 7.03. The van der Waals surface area contributed by atoms with Crippen molar-refractivity contribution in [1.82, 2.24) is 10.6 Å². The molecule has 2 atom stereocenters. The van der Waals surface area contributed by atoms with E-state index in [2.05, 4.69) is 16.0 Å². The Morgan fingerprint density at radius 2 is 1.86 bits per heavy atom. The molecule has 0 aromatic heterocycles. The van der Waals surface area contributed by atoms with Crippen LogP contribution in [0.3, 0.4) is 0 Å². The van der Waals surface area contributed by atoms with Crippen molar-refractivity contribution < 1.29 is 14.3 Å². The van der Waals surface area contributed by atoms with Gasteiger partial charge in [0.25, 0.3) is 5.91 Å². The van der Waals surface area contributed by atoms with Crippen LogP contribution in [0.1, 0.15) is 41.7 Å². The molecule has 1 fully saturated rings. The molecule has 2 amide bonds. The number of carbonyl (C=O) groups excluding carboxylic acids is 2. The summed E-state index contributed by atoms with van der Waals surface area (Å²) in [4.78, 5) is 24.8. The third-order valence-corrected chi connectivity index (χ3v) is 4.80. The van der Waals surface area contributed by atoms with Gasteiger partial charge in [-0.25, -0.2) is 0 Å². The van der Waals surface area contributed by atoms with E-state index in [0.29, 0.717) is 17.8 Å². The maximum atomic E-state index is 12.5. The van der Waals surface area contributed by atoms with Gasteiger partial charge in [0.1, 0.15) is 0 Å². The summed E-state index contributed by atoms with van der Waals surface area (Å²) in [5, 5.41) is 8.95. The van der Waals surface area contributed by atoms with Crippen LogP contribution in [-0.4, -0.2) is 37.6 Å². The Labute approximate surface area is 165 Å². The molecule has 1 saturated heterocycles. The number of carbonyl (C=O) groups is 2. The fourth-order valence-corrected chi connectivity index (χ4v) is 3.24. The maximum absolute atomic E-state index is 12.5. The topological polar surface area (TPSA) is 79.5 Å². The van der Waals surface area contributed by atoms with Crippen LogP contribution in [0.15, 0.2) is 54.6 Å². The smallest absolute Gasteiger partial charge is 0.253 e. The molecule has 3 rings (SSSR count). The SMILES string of the molecule is CC(NC(=O)CNc1ccccc1C(=O)NCC1CCCO1)c1ccccc1. The predicted octanol–water partition coefficient (Wildman–Crippen LogP) is 2.88. The van der Waals surface area contributed by atoms with E-state index in [1.807, 2.05) is 49.4 Å². The highest BCUT2D eigenvalue weighted by Gasteiger charge is 2.18. The van der Waals surface area contributed by atoms with Gasteiger partial charge < -0.3 is 20.7 Å². The number of amides is 2. The van der Waals surface area contributed by atoms with Gasteiger partial charge in [0.2, 0.25) is 5.91 Å². The molecule has 1 aliphatic heterocycles. The molecule has 2 aromatic rings. The van der Waals surface area contributed by atoms with E-state index in [4.69, 9.17) is 4.74 Å². The Balaban J connectivity index is 1.52. The minimum absolute atomic E-state index is 0.0829. The lowest BCUT2D eigenvalue weighted by molar-refractivity contribution is -0.120. The zero-order valence-electron chi connectivity index (χ0n) is 16.1. The second-order valence-electron chi connectivity index (χ2n) is 6.94. The first-order chi connectivity index (χ1) is 13.6. The van der Waals surface area contributed by atoms with Crippen molar-refractivity contribution >= 4 is 17.5 Å². The van der Waals surface area contributed by atoms with Crippen LogP contribution in [0.4, 0.5) is 5.69 Å². The van der Waals surface area contributed by atoms with Crippen molar-refractivity contribution in [2.45, 2.75) is 31.9 Å². The second-order valence-corrected chi connectivity index (χ2v) is 6.94. The van der Waals surface area contributed by atoms with Gasteiger partial charge in [-0.3, -0.25) is 9.59 Å². The minimum Gasteiger partial charge on any atom is -0.376 e. The van der Waals surface area contributed by atoms with Crippen molar-refractivity contribution in [3.8, 4) is 0 Å². The quantitative estimate of drug-likeness (QED) is 0.657. The van der Waals surface area contributed by atoms with Crippen molar-refractivity contribution in [3.05, 3.63) is 65.7 Å². The first-order valence-electron chi connectivity index (χ1n) is 9.70. The molecular formula is C22H27N3O3. The number of anilines is 1. The third-order valence-electron chi connectivity index (χ3n) is 4.80. The van der Waals surface area contributed by atoms with E-state index >= 15 is 0 Å². The van der Waals surface area contributed by atoms with Gasteiger partial charge in [-0.05, 0) is 37.5 Å². The summed E-state index contributed by atoms with van der Waals surface area (Å²) in [5.74, 6) is -0.303. The first kappa shape index (κ1) is 19.9. The van der Waals surface area contributed by atoms with Gasteiger partial charge in [-0.15, -0.1) is 0 Å². The van der Waals surface area contributed by atoms with E-state index in [-0.39, 0.29) is 30.5 Å². The van der Waals surface area contributed by atoms with Gasteiger partial charge >= 0.3 is 0 Å². The maximum Gasteiger partial charge on any atom is 0.253 e. The van der Waals surface area contributed by atoms with E-state index in [9.17, 15) is 9.59 Å². The molecule has 6 nitrogen and oxygen atoms in total. The van der Waals surface area contributed by atoms with Gasteiger partial charge in [0.15, 0.2) is 0 Å². The molecule has 1 heterocycles. The average Bonchev–Trinajstić information content (AvgIpc) is 3.25. The number of benzene rings is 2. The van der Waals surface area contributed by atoms with Crippen LogP contribution >= 0.6 is 0 Å². The lowest BCUT2D eigenvalue weighted by Crippen LogP contribution is -2.34. The van der Waals surface area contributed by atoms with Crippen LogP contribution in [-0.2, 0) is 9.53 Å². The molecule has 28 heavy (non-hydrogen) atoms. The molecule has 0 bridgehead atoms. The van der Waals surface area contributed by atoms with E-state index in [1.165, 1.54) is 0 Å². The zero-order chi connectivity index (χ0) is 19.8. The van der Waals surface area contributed by atoms with E-state index < -0.39 is 0 Å². The Bertz CT molecular complexity index is 789. The van der Waals surface area contributed by atoms with Crippen molar-refractivity contribution in [2.75, 3.05) is 25.0 Å². The molecule has 2 unspecified atom stereocenters. The van der Waals surface area contributed by atoms with Crippen molar-refractivity contribution in [3.63, 3.8) is 0 Å². The van der Waals surface area contributed by atoms with Crippen LogP contribution < -0.4 is 16.0 Å². The monoisotopic (exact) mass is 381 g/mol. The first-order valence-corrected chi connectivity index (χ1v) is 9.70. The lowest BCUT2D eigenvalue weighted by Gasteiger charge is -2.16. The van der Waals surface area contributed by atoms with Crippen LogP contribution in [0, 0.1) is 0 Å². The second kappa shape index (κ2) is 9.90. The number of ether oxygens (including phenoxy) is 1. The highest BCUT2D eigenvalue weighted by atomic mass is 16.5. The largest absolute Gasteiger partial charge is 0.376 e. The summed E-state index contributed by atoms with van der Waals surface area (Å²) < 4.78 is 5.54. The summed E-state index contributed by atoms with van der Waals surface area (Å²) in [5.41, 5.74) is 2.20. The molecular weight excluding hydrogens is 354 g/mol. The van der Waals surface area contributed by atoms with Gasteiger partial charge in [0, 0.05) is 18.8 Å². The van der Waals surface area contributed by atoms with Gasteiger partial charge in [0.05, 0.1) is 24.3 Å². The molecule has 1 aliphatic rings. The fraction of sp³-hybridized carbons (Fsp3) is 0.364. The van der Waals surface area contributed by atoms with Crippen molar-refractivity contribution in [2.24, 2.45) is 0 Å². The molecule has 3 N–H and O–H groups in total. The summed E-state index contributed by atoms with van der Waals surface area (Å²) >= 11 is 0. The standard InChI is InChI=1S/C22H27N3O3/c1-16(17-8-3-2-4-9-17)25-21(26)15-23-20-12-6-5-11-19(20)22(27)24-14-18-10-7-13-28-18/h2-6,8-9,11-12,16,18,23H,7,10,13-15H2,1H3,(H,24,27)(H,25,26). The fourth-order valence-electron chi connectivity index (χ4n) is 3.24. The normalized spacial score (nSPS) is 17.0.